The van der Waals surface area contributed by atoms with Crippen LogP contribution >= 0.6 is 0 Å². The van der Waals surface area contributed by atoms with Crippen molar-refractivity contribution in [3.63, 3.8) is 0 Å². The first kappa shape index (κ1) is 20.5. The summed E-state index contributed by atoms with van der Waals surface area (Å²) in [4.78, 5) is 27.9. The first-order valence-corrected chi connectivity index (χ1v) is 12.1. The van der Waals surface area contributed by atoms with E-state index in [1.54, 1.807) is 0 Å². The Morgan fingerprint density at radius 2 is 1.47 bits per heavy atom. The Kier molecular flexibility index (Phi) is 5.49. The number of hydrogen-bond donors (Lipinski definition) is 2. The van der Waals surface area contributed by atoms with E-state index in [1.165, 1.54) is 0 Å². The minimum atomic E-state index is -0.567. The highest BCUT2D eigenvalue weighted by Gasteiger charge is 2.31. The predicted molar refractivity (Wildman–Crippen MR) is 136 cm³/mol. The van der Waals surface area contributed by atoms with Gasteiger partial charge in [0, 0.05) is 27.6 Å². The van der Waals surface area contributed by atoms with Crippen molar-refractivity contribution >= 4 is 57.5 Å². The van der Waals surface area contributed by atoms with Crippen LogP contribution in [0.3, 0.4) is 0 Å². The molecule has 0 radical (unpaired) electrons. The molecule has 160 valence electrons. The molecule has 2 aliphatic rings. The molecule has 0 saturated heterocycles. The molecule has 0 fully saturated rings. The van der Waals surface area contributed by atoms with E-state index in [4.69, 9.17) is 4.98 Å². The molecule has 2 aliphatic heterocycles. The maximum Gasteiger partial charge on any atom is 0.180 e. The summed E-state index contributed by atoms with van der Waals surface area (Å²) in [5.74, 6) is 0.798. The second-order valence-corrected chi connectivity index (χ2v) is 10.0. The third-order valence-corrected chi connectivity index (χ3v) is 7.64. The Morgan fingerprint density at radius 3 is 2.12 bits per heavy atom. The second kappa shape index (κ2) is 8.59. The standard InChI is InChI=1S/C25H24N5OS/c1-3-10-32(30-31)16(2)24-14-23-13-21-7-6-19(27-21)11-17-4-5-18(26-17)12-20-8-9-22(28-20)15-25(24)29-23/h4-9,11-16,27,29H,3,10H2,1-2H3/q+1/t16-,32?/m0/s1. The number of aromatic nitrogens is 4. The molecule has 1 unspecified atom stereocenters. The van der Waals surface area contributed by atoms with E-state index in [1.807, 2.05) is 54.6 Å². The average molecular weight is 443 g/mol. The lowest BCUT2D eigenvalue weighted by atomic mass is 10.2. The molecule has 0 aromatic carbocycles. The van der Waals surface area contributed by atoms with Crippen molar-refractivity contribution in [3.8, 4) is 0 Å². The predicted octanol–water partition coefficient (Wildman–Crippen LogP) is 6.43. The van der Waals surface area contributed by atoms with E-state index in [-0.39, 0.29) is 5.25 Å². The van der Waals surface area contributed by atoms with Crippen molar-refractivity contribution in [1.29, 1.82) is 0 Å². The number of rotatable bonds is 5. The van der Waals surface area contributed by atoms with Gasteiger partial charge in [-0.2, -0.15) is 0 Å². The van der Waals surface area contributed by atoms with Crippen LogP contribution in [0, 0.1) is 4.91 Å². The molecule has 0 saturated carbocycles. The van der Waals surface area contributed by atoms with Crippen molar-refractivity contribution in [1.82, 2.24) is 19.9 Å². The van der Waals surface area contributed by atoms with Gasteiger partial charge in [-0.3, -0.25) is 0 Å². The lowest BCUT2D eigenvalue weighted by Crippen LogP contribution is -2.11. The zero-order chi connectivity index (χ0) is 22.1. The number of hydrogen-bond acceptors (Lipinski definition) is 4. The van der Waals surface area contributed by atoms with Gasteiger partial charge in [0.2, 0.25) is 0 Å². The van der Waals surface area contributed by atoms with Gasteiger partial charge in [0.25, 0.3) is 0 Å². The molecule has 7 heteroatoms. The Bertz CT molecular complexity index is 1400. The smallest absolute Gasteiger partial charge is 0.180 e. The van der Waals surface area contributed by atoms with Gasteiger partial charge >= 0.3 is 0 Å². The molecule has 6 nitrogen and oxygen atoms in total. The van der Waals surface area contributed by atoms with Crippen LogP contribution in [0.4, 0.5) is 0 Å². The summed E-state index contributed by atoms with van der Waals surface area (Å²) >= 11 is -0.567. The Hall–Kier alpha value is -3.45. The van der Waals surface area contributed by atoms with Gasteiger partial charge in [0.1, 0.15) is 5.75 Å². The Morgan fingerprint density at radius 1 is 0.844 bits per heavy atom. The SMILES string of the molecule is CCC[S+](N=O)[C@@H](C)c1cc2cc3ccc(cc4nc(cc5nc(cc1[nH]2)C=C5)C=C4)[nH]3. The number of nitrogens with one attached hydrogen (secondary N) is 2. The van der Waals surface area contributed by atoms with Crippen molar-refractivity contribution < 1.29 is 0 Å². The fourth-order valence-corrected chi connectivity index (χ4v) is 5.47. The quantitative estimate of drug-likeness (QED) is 0.243. The van der Waals surface area contributed by atoms with Crippen molar-refractivity contribution in [2.24, 2.45) is 4.58 Å². The topological polar surface area (TPSA) is 86.8 Å². The highest BCUT2D eigenvalue weighted by Crippen LogP contribution is 2.31. The van der Waals surface area contributed by atoms with Crippen molar-refractivity contribution in [3.05, 3.63) is 75.7 Å². The van der Waals surface area contributed by atoms with Gasteiger partial charge in [-0.05, 0) is 80.1 Å². The third kappa shape index (κ3) is 4.16. The van der Waals surface area contributed by atoms with E-state index < -0.39 is 11.1 Å². The highest BCUT2D eigenvalue weighted by molar-refractivity contribution is 7.95. The molecular formula is C25H24N5OS+. The molecule has 0 aliphatic carbocycles. The monoisotopic (exact) mass is 442 g/mol. The zero-order valence-corrected chi connectivity index (χ0v) is 18.8. The summed E-state index contributed by atoms with van der Waals surface area (Å²) in [6.07, 6.45) is 8.93. The minimum absolute atomic E-state index is 0.0272. The van der Waals surface area contributed by atoms with Crippen LogP contribution < -0.4 is 0 Å². The molecule has 0 amide bonds. The lowest BCUT2D eigenvalue weighted by Gasteiger charge is -2.06. The van der Waals surface area contributed by atoms with Crippen LogP contribution in [0.25, 0.3) is 46.4 Å². The van der Waals surface area contributed by atoms with Gasteiger partial charge in [-0.1, -0.05) is 11.8 Å². The summed E-state index contributed by atoms with van der Waals surface area (Å²) in [6.45, 7) is 4.18. The summed E-state index contributed by atoms with van der Waals surface area (Å²) < 4.78 is 3.45. The summed E-state index contributed by atoms with van der Waals surface area (Å²) in [7, 11) is 0. The van der Waals surface area contributed by atoms with Crippen LogP contribution in [0.15, 0.2) is 47.0 Å². The van der Waals surface area contributed by atoms with Gasteiger partial charge in [-0.15, -0.1) is 0 Å². The van der Waals surface area contributed by atoms with E-state index in [0.29, 0.717) is 0 Å². The molecular weight excluding hydrogens is 418 g/mol. The molecule has 5 heterocycles. The molecule has 5 rings (SSSR count). The number of H-pyrrole nitrogens is 2. The van der Waals surface area contributed by atoms with Crippen LogP contribution in [-0.2, 0) is 11.1 Å². The maximum atomic E-state index is 11.5. The van der Waals surface area contributed by atoms with Crippen molar-refractivity contribution in [2.45, 2.75) is 25.5 Å². The average Bonchev–Trinajstić information content (AvgIpc) is 3.56. The fourth-order valence-electron chi connectivity index (χ4n) is 4.01. The van der Waals surface area contributed by atoms with Gasteiger partial charge in [0.05, 0.1) is 22.8 Å². The summed E-state index contributed by atoms with van der Waals surface area (Å²) in [6, 6.07) is 14.3. The minimum Gasteiger partial charge on any atom is -0.355 e. The third-order valence-electron chi connectivity index (χ3n) is 5.56. The van der Waals surface area contributed by atoms with E-state index >= 15 is 0 Å². The molecule has 2 N–H and O–H groups in total. The molecule has 8 bridgehead atoms. The van der Waals surface area contributed by atoms with Crippen molar-refractivity contribution in [2.75, 3.05) is 5.75 Å². The number of aromatic amines is 2. The first-order chi connectivity index (χ1) is 15.6. The fraction of sp³-hybridized carbons (Fsp3) is 0.200. The largest absolute Gasteiger partial charge is 0.355 e. The molecule has 3 aromatic rings. The Labute approximate surface area is 189 Å². The summed E-state index contributed by atoms with van der Waals surface area (Å²) in [5.41, 5.74) is 8.50. The number of fused-ring (bicyclic) bond motifs is 8. The lowest BCUT2D eigenvalue weighted by molar-refractivity contribution is 1.04. The van der Waals surface area contributed by atoms with Crippen LogP contribution in [0.5, 0.6) is 0 Å². The Balaban J connectivity index is 1.76. The molecule has 3 aromatic heterocycles. The van der Waals surface area contributed by atoms with Crippen LogP contribution in [0.2, 0.25) is 0 Å². The van der Waals surface area contributed by atoms with Gasteiger partial charge < -0.3 is 9.97 Å². The zero-order valence-electron chi connectivity index (χ0n) is 18.0. The highest BCUT2D eigenvalue weighted by atomic mass is 32.2. The summed E-state index contributed by atoms with van der Waals surface area (Å²) in [5, 5.41) is 0.0272. The van der Waals surface area contributed by atoms with Gasteiger partial charge in [0.15, 0.2) is 20.9 Å². The molecule has 0 spiro atoms. The van der Waals surface area contributed by atoms with Crippen LogP contribution in [0.1, 0.15) is 53.9 Å². The van der Waals surface area contributed by atoms with Gasteiger partial charge in [-0.25, -0.2) is 9.97 Å². The number of nitroso groups, excluding NO2 is 1. The first-order valence-electron chi connectivity index (χ1n) is 10.7. The van der Waals surface area contributed by atoms with Crippen LogP contribution in [-0.4, -0.2) is 25.7 Å². The molecule has 32 heavy (non-hydrogen) atoms. The van der Waals surface area contributed by atoms with E-state index in [0.717, 1.165) is 62.6 Å². The van der Waals surface area contributed by atoms with E-state index in [2.05, 4.69) is 45.5 Å². The normalized spacial score (nSPS) is 14.4. The second-order valence-electron chi connectivity index (χ2n) is 7.95. The molecule has 2 atom stereocenters. The maximum absolute atomic E-state index is 11.5. The number of nitrogens with zero attached hydrogens (tertiary/aromatic N) is 3. The van der Waals surface area contributed by atoms with E-state index in [9.17, 15) is 4.91 Å².